The van der Waals surface area contributed by atoms with Crippen LogP contribution in [0.5, 0.6) is 0 Å². The summed E-state index contributed by atoms with van der Waals surface area (Å²) in [5.41, 5.74) is 10.2. The molecule has 0 unspecified atom stereocenters. The van der Waals surface area contributed by atoms with Gasteiger partial charge in [-0.3, -0.25) is 4.79 Å². The highest BCUT2D eigenvalue weighted by Crippen LogP contribution is 2.25. The second-order valence-corrected chi connectivity index (χ2v) is 5.69. The zero-order valence-electron chi connectivity index (χ0n) is 11.2. The summed E-state index contributed by atoms with van der Waals surface area (Å²) in [6, 6.07) is 11.0. The Bertz CT molecular complexity index is 679. The number of carbonyl (C=O) groups is 1. The third-order valence-corrected chi connectivity index (χ3v) is 4.10. The van der Waals surface area contributed by atoms with E-state index in [2.05, 4.69) is 6.07 Å². The quantitative estimate of drug-likeness (QED) is 0.669. The van der Waals surface area contributed by atoms with Crippen LogP contribution in [0.2, 0.25) is 5.02 Å². The Kier molecular flexibility index (Phi) is 3.49. The molecule has 0 heterocycles. The van der Waals surface area contributed by atoms with E-state index in [0.717, 1.165) is 12.8 Å². The van der Waals surface area contributed by atoms with Crippen LogP contribution in [0.4, 0.5) is 5.69 Å². The van der Waals surface area contributed by atoms with Crippen molar-refractivity contribution in [2.24, 2.45) is 0 Å². The van der Waals surface area contributed by atoms with Gasteiger partial charge in [-0.1, -0.05) is 23.7 Å². The number of rotatable bonds is 2. The zero-order chi connectivity index (χ0) is 14.1. The van der Waals surface area contributed by atoms with Crippen LogP contribution in [0, 0.1) is 0 Å². The van der Waals surface area contributed by atoms with E-state index in [1.165, 1.54) is 24.0 Å². The maximum Gasteiger partial charge on any atom is 0.195 e. The number of hydrogen-bond donors (Lipinski definition) is 1. The third kappa shape index (κ3) is 2.44. The van der Waals surface area contributed by atoms with Crippen LogP contribution in [0.25, 0.3) is 0 Å². The van der Waals surface area contributed by atoms with Gasteiger partial charge in [0.15, 0.2) is 5.78 Å². The van der Waals surface area contributed by atoms with Crippen LogP contribution in [0.1, 0.15) is 39.9 Å². The van der Waals surface area contributed by atoms with Crippen molar-refractivity contribution >= 4 is 23.1 Å². The molecule has 0 spiro atoms. The van der Waals surface area contributed by atoms with E-state index in [-0.39, 0.29) is 5.78 Å². The summed E-state index contributed by atoms with van der Waals surface area (Å²) in [5.74, 6) is -0.0347. The molecule has 2 N–H and O–H groups in total. The van der Waals surface area contributed by atoms with Crippen LogP contribution >= 0.6 is 11.6 Å². The van der Waals surface area contributed by atoms with E-state index in [1.807, 2.05) is 12.1 Å². The van der Waals surface area contributed by atoms with Crippen molar-refractivity contribution in [1.82, 2.24) is 0 Å². The molecule has 0 bridgehead atoms. The van der Waals surface area contributed by atoms with Gasteiger partial charge in [0, 0.05) is 21.8 Å². The Morgan fingerprint density at radius 2 is 1.75 bits per heavy atom. The molecule has 0 aliphatic heterocycles. The van der Waals surface area contributed by atoms with Crippen molar-refractivity contribution in [2.45, 2.75) is 25.7 Å². The molecule has 2 aromatic rings. The standard InChI is InChI=1S/C17H16ClNO/c18-14-7-8-15(16(19)10-14)17(20)13-6-5-11-3-1-2-4-12(11)9-13/h5-10H,1-4,19H2. The molecule has 0 atom stereocenters. The van der Waals surface area contributed by atoms with Crippen LogP contribution < -0.4 is 5.73 Å². The Morgan fingerprint density at radius 3 is 2.50 bits per heavy atom. The lowest BCUT2D eigenvalue weighted by molar-refractivity contribution is 0.103. The molecule has 0 saturated heterocycles. The first-order valence-electron chi connectivity index (χ1n) is 6.86. The Labute approximate surface area is 123 Å². The smallest absolute Gasteiger partial charge is 0.195 e. The summed E-state index contributed by atoms with van der Waals surface area (Å²) >= 11 is 5.87. The zero-order valence-corrected chi connectivity index (χ0v) is 11.9. The summed E-state index contributed by atoms with van der Waals surface area (Å²) < 4.78 is 0. The van der Waals surface area contributed by atoms with Gasteiger partial charge in [-0.25, -0.2) is 0 Å². The minimum atomic E-state index is -0.0347. The van der Waals surface area contributed by atoms with E-state index in [9.17, 15) is 4.79 Å². The molecule has 0 amide bonds. The first-order valence-corrected chi connectivity index (χ1v) is 7.24. The number of halogens is 1. The molecule has 1 aliphatic rings. The Morgan fingerprint density at radius 1 is 1.00 bits per heavy atom. The second kappa shape index (κ2) is 5.29. The van der Waals surface area contributed by atoms with Crippen molar-refractivity contribution < 1.29 is 4.79 Å². The number of fused-ring (bicyclic) bond motifs is 1. The predicted molar refractivity (Wildman–Crippen MR) is 82.4 cm³/mol. The van der Waals surface area contributed by atoms with Gasteiger partial charge < -0.3 is 5.73 Å². The number of ketones is 1. The molecule has 2 nitrogen and oxygen atoms in total. The average molecular weight is 286 g/mol. The van der Waals surface area contributed by atoms with Gasteiger partial charge in [0.05, 0.1) is 0 Å². The number of nitrogen functional groups attached to an aromatic ring is 1. The molecular formula is C17H16ClNO. The Balaban J connectivity index is 1.98. The molecule has 20 heavy (non-hydrogen) atoms. The molecule has 0 aromatic heterocycles. The van der Waals surface area contributed by atoms with Crippen LogP contribution in [-0.4, -0.2) is 5.78 Å². The van der Waals surface area contributed by atoms with E-state index < -0.39 is 0 Å². The number of anilines is 1. The predicted octanol–water partition coefficient (Wildman–Crippen LogP) is 4.03. The van der Waals surface area contributed by atoms with Crippen molar-refractivity contribution in [3.05, 3.63) is 63.7 Å². The molecule has 2 aromatic carbocycles. The summed E-state index contributed by atoms with van der Waals surface area (Å²) in [7, 11) is 0. The first-order chi connectivity index (χ1) is 9.65. The summed E-state index contributed by atoms with van der Waals surface area (Å²) in [6.07, 6.45) is 4.62. The molecular weight excluding hydrogens is 270 g/mol. The van der Waals surface area contributed by atoms with E-state index in [1.54, 1.807) is 18.2 Å². The maximum atomic E-state index is 12.5. The van der Waals surface area contributed by atoms with E-state index in [0.29, 0.717) is 21.8 Å². The highest BCUT2D eigenvalue weighted by Gasteiger charge is 2.16. The third-order valence-electron chi connectivity index (χ3n) is 3.87. The van der Waals surface area contributed by atoms with Gasteiger partial charge in [-0.05, 0) is 61.1 Å². The van der Waals surface area contributed by atoms with Crippen molar-refractivity contribution in [3.63, 3.8) is 0 Å². The SMILES string of the molecule is Nc1cc(Cl)ccc1C(=O)c1ccc2c(c1)CCCC2. The van der Waals surface area contributed by atoms with Crippen molar-refractivity contribution in [2.75, 3.05) is 5.73 Å². The monoisotopic (exact) mass is 285 g/mol. The molecule has 102 valence electrons. The Hall–Kier alpha value is -1.80. The van der Waals surface area contributed by atoms with Crippen LogP contribution in [0.3, 0.4) is 0 Å². The van der Waals surface area contributed by atoms with Gasteiger partial charge in [-0.2, -0.15) is 0 Å². The topological polar surface area (TPSA) is 43.1 Å². The van der Waals surface area contributed by atoms with E-state index in [4.69, 9.17) is 17.3 Å². The average Bonchev–Trinajstić information content (AvgIpc) is 2.46. The summed E-state index contributed by atoms with van der Waals surface area (Å²) in [4.78, 5) is 12.5. The van der Waals surface area contributed by atoms with E-state index >= 15 is 0 Å². The van der Waals surface area contributed by atoms with Crippen LogP contribution in [0.15, 0.2) is 36.4 Å². The minimum absolute atomic E-state index is 0.0347. The van der Waals surface area contributed by atoms with Gasteiger partial charge in [0.2, 0.25) is 0 Å². The van der Waals surface area contributed by atoms with Gasteiger partial charge in [0.25, 0.3) is 0 Å². The highest BCUT2D eigenvalue weighted by molar-refractivity contribution is 6.31. The summed E-state index contributed by atoms with van der Waals surface area (Å²) in [6.45, 7) is 0. The van der Waals surface area contributed by atoms with Gasteiger partial charge in [0.1, 0.15) is 0 Å². The lowest BCUT2D eigenvalue weighted by atomic mass is 9.89. The van der Waals surface area contributed by atoms with Crippen LogP contribution in [-0.2, 0) is 12.8 Å². The second-order valence-electron chi connectivity index (χ2n) is 5.25. The summed E-state index contributed by atoms with van der Waals surface area (Å²) in [5, 5.41) is 0.546. The molecule has 1 aliphatic carbocycles. The highest BCUT2D eigenvalue weighted by atomic mass is 35.5. The number of nitrogens with two attached hydrogens (primary N) is 1. The van der Waals surface area contributed by atoms with Crippen molar-refractivity contribution in [1.29, 1.82) is 0 Å². The lowest BCUT2D eigenvalue weighted by Gasteiger charge is -2.16. The largest absolute Gasteiger partial charge is 0.398 e. The number of aryl methyl sites for hydroxylation is 2. The number of benzene rings is 2. The fourth-order valence-corrected chi connectivity index (χ4v) is 2.95. The molecule has 3 rings (SSSR count). The molecule has 0 fully saturated rings. The van der Waals surface area contributed by atoms with Crippen molar-refractivity contribution in [3.8, 4) is 0 Å². The molecule has 0 radical (unpaired) electrons. The fraction of sp³-hybridized carbons (Fsp3) is 0.235. The minimum Gasteiger partial charge on any atom is -0.398 e. The fourth-order valence-electron chi connectivity index (χ4n) is 2.77. The van der Waals surface area contributed by atoms with Gasteiger partial charge >= 0.3 is 0 Å². The van der Waals surface area contributed by atoms with Gasteiger partial charge in [-0.15, -0.1) is 0 Å². The molecule has 3 heteroatoms. The molecule has 0 saturated carbocycles. The number of hydrogen-bond acceptors (Lipinski definition) is 2. The maximum absolute atomic E-state index is 12.5. The normalized spacial score (nSPS) is 13.8. The first kappa shape index (κ1) is 13.2. The lowest BCUT2D eigenvalue weighted by Crippen LogP contribution is -2.08. The number of carbonyl (C=O) groups excluding carboxylic acids is 1.